The summed E-state index contributed by atoms with van der Waals surface area (Å²) in [5, 5.41) is 3.46. The highest BCUT2D eigenvalue weighted by Gasteiger charge is 2.25. The molecule has 0 spiro atoms. The molecule has 0 saturated heterocycles. The van der Waals surface area contributed by atoms with Crippen LogP contribution in [0, 0.1) is 0 Å². The van der Waals surface area contributed by atoms with E-state index >= 15 is 0 Å². The van der Waals surface area contributed by atoms with Gasteiger partial charge in [-0.1, -0.05) is 30.3 Å². The van der Waals surface area contributed by atoms with Crippen molar-refractivity contribution in [3.8, 4) is 5.75 Å². The van der Waals surface area contributed by atoms with Crippen LogP contribution in [0.5, 0.6) is 5.75 Å². The SMILES string of the molecule is CC(C)Oc1cccc(NCC2Cc3ccccc32)c1N. The Morgan fingerprint density at radius 3 is 2.76 bits per heavy atom. The predicted octanol–water partition coefficient (Wildman–Crippen LogP) is 3.81. The summed E-state index contributed by atoms with van der Waals surface area (Å²) in [5.74, 6) is 1.33. The van der Waals surface area contributed by atoms with Gasteiger partial charge in [-0.05, 0) is 43.5 Å². The second-order valence-electron chi connectivity index (χ2n) is 5.86. The molecule has 3 N–H and O–H groups in total. The average Bonchev–Trinajstić information content (AvgIpc) is 2.43. The van der Waals surface area contributed by atoms with Crippen LogP contribution in [0.1, 0.15) is 30.9 Å². The monoisotopic (exact) mass is 282 g/mol. The number of nitrogens with two attached hydrogens (primary N) is 1. The number of fused-ring (bicyclic) bond motifs is 1. The van der Waals surface area contributed by atoms with Crippen LogP contribution in [0.25, 0.3) is 0 Å². The molecular formula is C18H22N2O. The maximum absolute atomic E-state index is 6.18. The number of nitrogen functional groups attached to an aromatic ring is 1. The highest BCUT2D eigenvalue weighted by atomic mass is 16.5. The van der Waals surface area contributed by atoms with E-state index in [1.54, 1.807) is 0 Å². The minimum Gasteiger partial charge on any atom is -0.489 e. The van der Waals surface area contributed by atoms with Crippen LogP contribution in [-0.2, 0) is 6.42 Å². The Morgan fingerprint density at radius 1 is 1.19 bits per heavy atom. The summed E-state index contributed by atoms with van der Waals surface area (Å²) >= 11 is 0. The van der Waals surface area contributed by atoms with Gasteiger partial charge in [-0.25, -0.2) is 0 Å². The number of para-hydroxylation sites is 1. The molecule has 0 saturated carbocycles. The summed E-state index contributed by atoms with van der Waals surface area (Å²) in [4.78, 5) is 0. The van der Waals surface area contributed by atoms with E-state index in [-0.39, 0.29) is 6.10 Å². The standard InChI is InChI=1S/C18H22N2O/c1-12(2)21-17-9-5-8-16(18(17)19)20-11-14-10-13-6-3-4-7-15(13)14/h3-9,12,14,20H,10-11,19H2,1-2H3. The lowest BCUT2D eigenvalue weighted by Gasteiger charge is -2.30. The van der Waals surface area contributed by atoms with Gasteiger partial charge in [-0.2, -0.15) is 0 Å². The summed E-state index contributed by atoms with van der Waals surface area (Å²) in [6.45, 7) is 4.92. The van der Waals surface area contributed by atoms with E-state index < -0.39 is 0 Å². The van der Waals surface area contributed by atoms with Gasteiger partial charge in [0.05, 0.1) is 17.5 Å². The lowest BCUT2D eigenvalue weighted by atomic mass is 9.77. The van der Waals surface area contributed by atoms with Crippen LogP contribution in [-0.4, -0.2) is 12.6 Å². The molecule has 1 aliphatic carbocycles. The molecule has 0 fully saturated rings. The van der Waals surface area contributed by atoms with Crippen molar-refractivity contribution in [2.75, 3.05) is 17.6 Å². The van der Waals surface area contributed by atoms with Crippen LogP contribution in [0.4, 0.5) is 11.4 Å². The molecule has 1 atom stereocenters. The molecule has 1 unspecified atom stereocenters. The van der Waals surface area contributed by atoms with Crippen molar-refractivity contribution in [3.63, 3.8) is 0 Å². The maximum atomic E-state index is 6.18. The molecule has 3 rings (SSSR count). The second-order valence-corrected chi connectivity index (χ2v) is 5.86. The van der Waals surface area contributed by atoms with Crippen molar-refractivity contribution < 1.29 is 4.74 Å². The zero-order chi connectivity index (χ0) is 14.8. The number of hydrogen-bond acceptors (Lipinski definition) is 3. The van der Waals surface area contributed by atoms with Gasteiger partial charge in [-0.15, -0.1) is 0 Å². The molecule has 21 heavy (non-hydrogen) atoms. The van der Waals surface area contributed by atoms with Crippen molar-refractivity contribution >= 4 is 11.4 Å². The fourth-order valence-electron chi connectivity index (χ4n) is 2.83. The second kappa shape index (κ2) is 5.68. The molecule has 110 valence electrons. The average molecular weight is 282 g/mol. The zero-order valence-corrected chi connectivity index (χ0v) is 12.6. The quantitative estimate of drug-likeness (QED) is 0.820. The van der Waals surface area contributed by atoms with E-state index in [0.717, 1.165) is 24.4 Å². The Labute approximate surface area is 126 Å². The van der Waals surface area contributed by atoms with Gasteiger partial charge in [-0.3, -0.25) is 0 Å². The minimum atomic E-state index is 0.126. The van der Waals surface area contributed by atoms with Crippen molar-refractivity contribution in [1.29, 1.82) is 0 Å². The number of rotatable bonds is 5. The van der Waals surface area contributed by atoms with Crippen LogP contribution < -0.4 is 15.8 Å². The van der Waals surface area contributed by atoms with Gasteiger partial charge in [0.15, 0.2) is 0 Å². The fourth-order valence-corrected chi connectivity index (χ4v) is 2.83. The van der Waals surface area contributed by atoms with Gasteiger partial charge >= 0.3 is 0 Å². The predicted molar refractivity (Wildman–Crippen MR) is 88.0 cm³/mol. The minimum absolute atomic E-state index is 0.126. The fraction of sp³-hybridized carbons (Fsp3) is 0.333. The first kappa shape index (κ1) is 13.8. The summed E-state index contributed by atoms with van der Waals surface area (Å²) in [6.07, 6.45) is 1.27. The molecule has 0 amide bonds. The van der Waals surface area contributed by atoms with Crippen molar-refractivity contribution in [2.45, 2.75) is 32.3 Å². The van der Waals surface area contributed by atoms with Crippen molar-refractivity contribution in [1.82, 2.24) is 0 Å². The molecule has 1 aliphatic rings. The number of anilines is 2. The third-order valence-corrected chi connectivity index (χ3v) is 3.93. The normalized spacial score (nSPS) is 16.2. The Bertz CT molecular complexity index is 637. The molecule has 2 aromatic carbocycles. The first-order valence-electron chi connectivity index (χ1n) is 7.52. The first-order chi connectivity index (χ1) is 10.1. The molecule has 0 bridgehead atoms. The van der Waals surface area contributed by atoms with Gasteiger partial charge in [0.25, 0.3) is 0 Å². The lowest BCUT2D eigenvalue weighted by Crippen LogP contribution is -2.24. The highest BCUT2D eigenvalue weighted by Crippen LogP contribution is 2.36. The summed E-state index contributed by atoms with van der Waals surface area (Å²) in [7, 11) is 0. The Kier molecular flexibility index (Phi) is 3.74. The Balaban J connectivity index is 1.67. The van der Waals surface area contributed by atoms with Crippen LogP contribution in [0.15, 0.2) is 42.5 Å². The lowest BCUT2D eigenvalue weighted by molar-refractivity contribution is 0.244. The molecule has 3 nitrogen and oxygen atoms in total. The molecular weight excluding hydrogens is 260 g/mol. The smallest absolute Gasteiger partial charge is 0.144 e. The number of hydrogen-bond donors (Lipinski definition) is 2. The first-order valence-corrected chi connectivity index (χ1v) is 7.52. The Hall–Kier alpha value is -2.16. The third kappa shape index (κ3) is 2.82. The van der Waals surface area contributed by atoms with Crippen LogP contribution >= 0.6 is 0 Å². The molecule has 2 aromatic rings. The van der Waals surface area contributed by atoms with Crippen LogP contribution in [0.2, 0.25) is 0 Å². The number of benzene rings is 2. The van der Waals surface area contributed by atoms with Gasteiger partial charge in [0.1, 0.15) is 5.75 Å². The summed E-state index contributed by atoms with van der Waals surface area (Å²) in [5.41, 5.74) is 10.8. The Morgan fingerprint density at radius 2 is 2.00 bits per heavy atom. The number of nitrogens with one attached hydrogen (secondary N) is 1. The van der Waals surface area contributed by atoms with E-state index in [1.165, 1.54) is 11.1 Å². The van der Waals surface area contributed by atoms with Gasteiger partial charge in [0, 0.05) is 12.5 Å². The molecule has 0 aromatic heterocycles. The zero-order valence-electron chi connectivity index (χ0n) is 12.6. The van der Waals surface area contributed by atoms with E-state index in [0.29, 0.717) is 11.6 Å². The largest absolute Gasteiger partial charge is 0.489 e. The van der Waals surface area contributed by atoms with E-state index in [1.807, 2.05) is 32.0 Å². The third-order valence-electron chi connectivity index (χ3n) is 3.93. The van der Waals surface area contributed by atoms with Crippen molar-refractivity contribution in [3.05, 3.63) is 53.6 Å². The van der Waals surface area contributed by atoms with Crippen LogP contribution in [0.3, 0.4) is 0 Å². The van der Waals surface area contributed by atoms with E-state index in [9.17, 15) is 0 Å². The van der Waals surface area contributed by atoms with E-state index in [4.69, 9.17) is 10.5 Å². The maximum Gasteiger partial charge on any atom is 0.144 e. The topological polar surface area (TPSA) is 47.3 Å². The van der Waals surface area contributed by atoms with Gasteiger partial charge < -0.3 is 15.8 Å². The van der Waals surface area contributed by atoms with E-state index in [2.05, 4.69) is 29.6 Å². The summed E-state index contributed by atoms with van der Waals surface area (Å²) < 4.78 is 5.72. The molecule has 0 aliphatic heterocycles. The van der Waals surface area contributed by atoms with Gasteiger partial charge in [0.2, 0.25) is 0 Å². The van der Waals surface area contributed by atoms with Crippen molar-refractivity contribution in [2.24, 2.45) is 0 Å². The highest BCUT2D eigenvalue weighted by molar-refractivity contribution is 5.73. The molecule has 3 heteroatoms. The molecule has 0 heterocycles. The number of ether oxygens (including phenoxy) is 1. The molecule has 0 radical (unpaired) electrons. The summed E-state index contributed by atoms with van der Waals surface area (Å²) in [6, 6.07) is 14.5.